The van der Waals surface area contributed by atoms with Crippen LogP contribution in [0.4, 0.5) is 0 Å². The van der Waals surface area contributed by atoms with Crippen LogP contribution in [0.25, 0.3) is 17.2 Å². The summed E-state index contributed by atoms with van der Waals surface area (Å²) < 4.78 is 0. The molecule has 1 radical (unpaired) electrons. The molecular weight excluding hydrogens is 414 g/mol. The molecule has 123 valence electrons. The van der Waals surface area contributed by atoms with E-state index in [0.717, 1.165) is 0 Å². The van der Waals surface area contributed by atoms with Gasteiger partial charge in [0.15, 0.2) is 0 Å². The second kappa shape index (κ2) is 7.90. The zero-order chi connectivity index (χ0) is 17.3. The molecule has 0 bridgehead atoms. The van der Waals surface area contributed by atoms with Gasteiger partial charge in [-0.3, -0.25) is 0 Å². The Morgan fingerprint density at radius 2 is 1.58 bits per heavy atom. The summed E-state index contributed by atoms with van der Waals surface area (Å²) in [6.07, 6.45) is 8.48. The summed E-state index contributed by atoms with van der Waals surface area (Å²) in [5.74, 6) is 0. The number of fused-ring (bicyclic) bond motifs is 2. The average Bonchev–Trinajstić information content (AvgIpc) is 3.09. The molecule has 2 aliphatic rings. The number of hydrogen-bond donors (Lipinski definition) is 0. The molecule has 0 amide bonds. The third-order valence-electron chi connectivity index (χ3n) is 4.74. The van der Waals surface area contributed by atoms with Crippen LogP contribution in [0.15, 0.2) is 29.8 Å². The van der Waals surface area contributed by atoms with E-state index >= 15 is 0 Å². The van der Waals surface area contributed by atoms with E-state index in [1.54, 1.807) is 11.1 Å². The minimum atomic E-state index is -0.826. The summed E-state index contributed by atoms with van der Waals surface area (Å²) in [5.41, 5.74) is 13.0. The quantitative estimate of drug-likeness (QED) is 0.462. The number of hydrogen-bond acceptors (Lipinski definition) is 0. The monoisotopic (exact) mass is 433 g/mol. The van der Waals surface area contributed by atoms with E-state index in [2.05, 4.69) is 57.5 Å². The Bertz CT molecular complexity index is 786. The molecule has 0 fully saturated rings. The molecule has 4 rings (SSSR count). The van der Waals surface area contributed by atoms with E-state index in [1.807, 2.05) is 0 Å². The Balaban J connectivity index is 0.000000526. The molecule has 0 heterocycles. The molecule has 0 spiro atoms. The van der Waals surface area contributed by atoms with Crippen LogP contribution in [-0.4, -0.2) is 0 Å². The maximum absolute atomic E-state index is 4.93. The van der Waals surface area contributed by atoms with Crippen molar-refractivity contribution in [1.82, 2.24) is 0 Å². The summed E-state index contributed by atoms with van der Waals surface area (Å²) >= 11 is -0.826. The Morgan fingerprint density at radius 3 is 2.25 bits per heavy atom. The molecule has 24 heavy (non-hydrogen) atoms. The first kappa shape index (κ1) is 18.4. The molecule has 0 aliphatic heterocycles. The van der Waals surface area contributed by atoms with Gasteiger partial charge in [-0.25, -0.2) is 0 Å². The summed E-state index contributed by atoms with van der Waals surface area (Å²) in [4.78, 5) is 0. The molecule has 0 N–H and O–H groups in total. The maximum atomic E-state index is 4.93. The third-order valence-corrected chi connectivity index (χ3v) is 4.74. The van der Waals surface area contributed by atoms with Gasteiger partial charge >= 0.3 is 37.9 Å². The van der Waals surface area contributed by atoms with Gasteiger partial charge in [-0.15, -0.1) is 0 Å². The molecule has 0 saturated carbocycles. The Morgan fingerprint density at radius 1 is 0.917 bits per heavy atom. The van der Waals surface area contributed by atoms with Gasteiger partial charge in [0.1, 0.15) is 0 Å². The SMILES string of the molecule is CC1=Cc2c(cc3c(c2-c2cc(C)cc(C)c2)CCC3)[CH]1.[Cl][Zr][Cl]. The summed E-state index contributed by atoms with van der Waals surface area (Å²) in [6, 6.07) is 9.39. The number of allylic oxidation sites excluding steroid dienone is 1. The average molecular weight is 436 g/mol. The van der Waals surface area contributed by atoms with Crippen molar-refractivity contribution >= 4 is 23.1 Å². The first-order chi connectivity index (χ1) is 11.5. The van der Waals surface area contributed by atoms with Crippen LogP contribution in [0.5, 0.6) is 0 Å². The summed E-state index contributed by atoms with van der Waals surface area (Å²) in [5, 5.41) is 0. The molecule has 0 nitrogen and oxygen atoms in total. The van der Waals surface area contributed by atoms with E-state index in [1.165, 1.54) is 58.2 Å². The van der Waals surface area contributed by atoms with Crippen molar-refractivity contribution in [2.45, 2.75) is 40.0 Å². The Hall–Kier alpha value is -0.357. The predicted octanol–water partition coefficient (Wildman–Crippen LogP) is 6.80. The molecular formula is C21H21Cl2Zr. The molecule has 2 aromatic rings. The van der Waals surface area contributed by atoms with Crippen molar-refractivity contribution in [2.24, 2.45) is 0 Å². The molecule has 0 unspecified atom stereocenters. The minimum absolute atomic E-state index is 0.826. The molecule has 2 aliphatic carbocycles. The standard InChI is InChI=1S/C21H21.2ClH.Zr/c1-13-7-14(2)10-18(9-13)21-19-6-4-5-16(19)12-17-8-15(3)11-20(17)21;;;/h7-12H,4-6H2,1-3H3;2*1H;/q;;;+2/p-2. The molecule has 0 saturated heterocycles. The zero-order valence-corrected chi connectivity index (χ0v) is 18.3. The van der Waals surface area contributed by atoms with Crippen LogP contribution in [0.2, 0.25) is 0 Å². The van der Waals surface area contributed by atoms with Gasteiger partial charge in [-0.2, -0.15) is 0 Å². The number of rotatable bonds is 1. The van der Waals surface area contributed by atoms with Crippen LogP contribution in [-0.2, 0) is 33.7 Å². The van der Waals surface area contributed by atoms with Crippen molar-refractivity contribution < 1.29 is 20.8 Å². The van der Waals surface area contributed by atoms with Crippen LogP contribution >= 0.6 is 17.0 Å². The van der Waals surface area contributed by atoms with Crippen molar-refractivity contribution in [3.05, 3.63) is 69.6 Å². The van der Waals surface area contributed by atoms with Gasteiger partial charge in [-0.05, 0) is 73.4 Å². The zero-order valence-electron chi connectivity index (χ0n) is 14.3. The summed E-state index contributed by atoms with van der Waals surface area (Å²) in [7, 11) is 9.87. The second-order valence-corrected chi connectivity index (χ2v) is 10.5. The van der Waals surface area contributed by atoms with Crippen molar-refractivity contribution in [2.75, 3.05) is 0 Å². The fraction of sp³-hybridized carbons (Fsp3) is 0.286. The van der Waals surface area contributed by atoms with E-state index in [4.69, 9.17) is 17.0 Å². The van der Waals surface area contributed by atoms with E-state index in [0.29, 0.717) is 0 Å². The topological polar surface area (TPSA) is 0 Å². The van der Waals surface area contributed by atoms with Gasteiger partial charge < -0.3 is 0 Å². The van der Waals surface area contributed by atoms with Gasteiger partial charge in [0, 0.05) is 6.42 Å². The van der Waals surface area contributed by atoms with Crippen LogP contribution in [0.1, 0.15) is 46.7 Å². The summed E-state index contributed by atoms with van der Waals surface area (Å²) in [6.45, 7) is 6.61. The van der Waals surface area contributed by atoms with Crippen LogP contribution < -0.4 is 0 Å². The van der Waals surface area contributed by atoms with E-state index in [9.17, 15) is 0 Å². The number of halogens is 2. The molecule has 0 atom stereocenters. The van der Waals surface area contributed by atoms with Gasteiger partial charge in [0.2, 0.25) is 0 Å². The third kappa shape index (κ3) is 3.74. The van der Waals surface area contributed by atoms with Crippen molar-refractivity contribution in [3.63, 3.8) is 0 Å². The fourth-order valence-electron chi connectivity index (χ4n) is 4.02. The van der Waals surface area contributed by atoms with Crippen LogP contribution in [0, 0.1) is 20.3 Å². The second-order valence-electron chi connectivity index (χ2n) is 6.73. The molecule has 2 aromatic carbocycles. The number of aryl methyl sites for hydroxylation is 3. The Labute approximate surface area is 163 Å². The van der Waals surface area contributed by atoms with Crippen LogP contribution in [0.3, 0.4) is 0 Å². The first-order valence-electron chi connectivity index (χ1n) is 8.30. The normalized spacial score (nSPS) is 14.5. The van der Waals surface area contributed by atoms with E-state index < -0.39 is 20.8 Å². The fourth-order valence-corrected chi connectivity index (χ4v) is 4.02. The van der Waals surface area contributed by atoms with Gasteiger partial charge in [-0.1, -0.05) is 47.0 Å². The molecule has 3 heteroatoms. The van der Waals surface area contributed by atoms with E-state index in [-0.39, 0.29) is 0 Å². The molecule has 0 aromatic heterocycles. The van der Waals surface area contributed by atoms with Crippen molar-refractivity contribution in [3.8, 4) is 11.1 Å². The number of benzene rings is 2. The van der Waals surface area contributed by atoms with Gasteiger partial charge in [0.25, 0.3) is 0 Å². The van der Waals surface area contributed by atoms with Gasteiger partial charge in [0.05, 0.1) is 0 Å². The Kier molecular flexibility index (Phi) is 6.07. The van der Waals surface area contributed by atoms with Crippen molar-refractivity contribution in [1.29, 1.82) is 0 Å². The predicted molar refractivity (Wildman–Crippen MR) is 102 cm³/mol. The first-order valence-corrected chi connectivity index (χ1v) is 14.6.